The van der Waals surface area contributed by atoms with Crippen LogP contribution >= 0.6 is 0 Å². The van der Waals surface area contributed by atoms with E-state index in [-0.39, 0.29) is 5.56 Å². The highest BCUT2D eigenvalue weighted by molar-refractivity contribution is 5.47. The summed E-state index contributed by atoms with van der Waals surface area (Å²) in [6.07, 6.45) is 4.42. The highest BCUT2D eigenvalue weighted by Crippen LogP contribution is 2.36. The molecule has 8 nitrogen and oxygen atoms in total. The molecule has 0 spiro atoms. The normalized spacial score (nSPS) is 20.0. The summed E-state index contributed by atoms with van der Waals surface area (Å²) in [6.45, 7) is 3.79. The first-order chi connectivity index (χ1) is 15.1. The predicted octanol–water partition coefficient (Wildman–Crippen LogP) is 1.87. The predicted molar refractivity (Wildman–Crippen MR) is 120 cm³/mol. The number of hydrogen-bond acceptors (Lipinski definition) is 7. The molecule has 3 aromatic rings. The summed E-state index contributed by atoms with van der Waals surface area (Å²) in [5, 5.41) is 0. The van der Waals surface area contributed by atoms with Gasteiger partial charge < -0.3 is 15.2 Å². The lowest BCUT2D eigenvalue weighted by atomic mass is 9.83. The molecule has 5 heterocycles. The van der Waals surface area contributed by atoms with Crippen molar-refractivity contribution in [1.82, 2.24) is 24.4 Å². The molecule has 2 aliphatic rings. The molecular weight excluding hydrogens is 390 g/mol. The van der Waals surface area contributed by atoms with Crippen molar-refractivity contribution >= 4 is 11.6 Å². The van der Waals surface area contributed by atoms with Crippen molar-refractivity contribution < 1.29 is 0 Å². The van der Waals surface area contributed by atoms with Crippen molar-refractivity contribution in [2.24, 2.45) is 5.92 Å². The van der Waals surface area contributed by atoms with Crippen molar-refractivity contribution in [1.29, 1.82) is 0 Å². The van der Waals surface area contributed by atoms with Crippen LogP contribution in [0, 0.1) is 5.92 Å². The maximum Gasteiger partial charge on any atom is 0.255 e. The molecule has 0 aliphatic carbocycles. The number of piperidine rings is 1. The molecule has 3 aromatic heterocycles. The Morgan fingerprint density at radius 1 is 1.10 bits per heavy atom. The average Bonchev–Trinajstić information content (AvgIpc) is 2.76. The Morgan fingerprint density at radius 2 is 2.00 bits per heavy atom. The van der Waals surface area contributed by atoms with Crippen LogP contribution in [0.1, 0.15) is 29.3 Å². The van der Waals surface area contributed by atoms with Gasteiger partial charge in [-0.2, -0.15) is 0 Å². The SMILES string of the molecule is CN(Cc1ccccn1)Cc1ccc2n(c1=O)C[C@H]1C[C@@H]2CN(c2cc(N)ncn2)C1. The number of nitrogen functional groups attached to an aromatic ring is 1. The fraction of sp³-hybridized carbons (Fsp3) is 0.391. The van der Waals surface area contributed by atoms with E-state index in [1.165, 1.54) is 6.33 Å². The molecule has 0 radical (unpaired) electrons. The second kappa shape index (κ2) is 8.11. The number of aromatic nitrogens is 4. The zero-order valence-electron chi connectivity index (χ0n) is 17.7. The Balaban J connectivity index is 1.35. The summed E-state index contributed by atoms with van der Waals surface area (Å²) in [6, 6.07) is 11.9. The van der Waals surface area contributed by atoms with Gasteiger partial charge in [0.25, 0.3) is 5.56 Å². The van der Waals surface area contributed by atoms with Crippen LogP contribution in [0.2, 0.25) is 0 Å². The fourth-order valence-electron chi connectivity index (χ4n) is 4.95. The molecule has 0 amide bonds. The van der Waals surface area contributed by atoms with Gasteiger partial charge in [0.15, 0.2) is 0 Å². The van der Waals surface area contributed by atoms with E-state index in [1.54, 1.807) is 6.20 Å². The van der Waals surface area contributed by atoms with Gasteiger partial charge in [-0.05, 0) is 37.6 Å². The zero-order valence-corrected chi connectivity index (χ0v) is 17.7. The first kappa shape index (κ1) is 19.7. The van der Waals surface area contributed by atoms with Gasteiger partial charge in [0.2, 0.25) is 0 Å². The monoisotopic (exact) mass is 417 g/mol. The van der Waals surface area contributed by atoms with Gasteiger partial charge in [-0.25, -0.2) is 9.97 Å². The standard InChI is InChI=1S/C23H27N7O/c1-28(14-19-4-2-3-7-25-19)12-17-5-6-20-18-8-16(11-30(20)23(17)31)10-29(13-18)22-9-21(24)26-15-27-22/h2-7,9,15-16,18H,8,10-14H2,1H3,(H2,24,26,27)/t16-,18+/m0/s1. The third-order valence-electron chi connectivity index (χ3n) is 6.28. The number of anilines is 2. The number of nitrogens with zero attached hydrogens (tertiary/aromatic N) is 6. The fourth-order valence-corrected chi connectivity index (χ4v) is 4.95. The van der Waals surface area contributed by atoms with E-state index in [1.807, 2.05) is 41.9 Å². The van der Waals surface area contributed by atoms with E-state index < -0.39 is 0 Å². The van der Waals surface area contributed by atoms with Gasteiger partial charge in [-0.15, -0.1) is 0 Å². The van der Waals surface area contributed by atoms with Crippen LogP contribution in [-0.4, -0.2) is 44.6 Å². The van der Waals surface area contributed by atoms with E-state index in [0.29, 0.717) is 30.7 Å². The molecular formula is C23H27N7O. The highest BCUT2D eigenvalue weighted by Gasteiger charge is 2.35. The maximum atomic E-state index is 13.3. The molecule has 1 fully saturated rings. The largest absolute Gasteiger partial charge is 0.384 e. The summed E-state index contributed by atoms with van der Waals surface area (Å²) in [5.41, 5.74) is 8.96. The summed E-state index contributed by atoms with van der Waals surface area (Å²) in [4.78, 5) is 30.5. The van der Waals surface area contributed by atoms with Crippen molar-refractivity contribution in [2.45, 2.75) is 32.0 Å². The Bertz CT molecular complexity index is 1130. The van der Waals surface area contributed by atoms with Crippen LogP contribution in [0.3, 0.4) is 0 Å². The molecule has 8 heteroatoms. The number of fused-ring (bicyclic) bond motifs is 4. The van der Waals surface area contributed by atoms with Crippen LogP contribution in [0.15, 0.2) is 53.7 Å². The van der Waals surface area contributed by atoms with Gasteiger partial charge in [-0.1, -0.05) is 12.1 Å². The van der Waals surface area contributed by atoms with Gasteiger partial charge in [0.05, 0.1) is 5.69 Å². The smallest absolute Gasteiger partial charge is 0.255 e. The first-order valence-electron chi connectivity index (χ1n) is 10.7. The van der Waals surface area contributed by atoms with Crippen molar-refractivity contribution in [2.75, 3.05) is 30.8 Å². The van der Waals surface area contributed by atoms with Gasteiger partial charge >= 0.3 is 0 Å². The topological polar surface area (TPSA) is 93.2 Å². The van der Waals surface area contributed by atoms with Crippen LogP contribution in [0.5, 0.6) is 0 Å². The van der Waals surface area contributed by atoms with E-state index in [4.69, 9.17) is 5.73 Å². The lowest BCUT2D eigenvalue weighted by molar-refractivity contribution is 0.275. The number of hydrogen-bond donors (Lipinski definition) is 1. The van der Waals surface area contributed by atoms with Crippen LogP contribution in [-0.2, 0) is 19.6 Å². The first-order valence-corrected chi connectivity index (χ1v) is 10.7. The molecule has 160 valence electrons. The van der Waals surface area contributed by atoms with Gasteiger partial charge in [-0.3, -0.25) is 14.7 Å². The van der Waals surface area contributed by atoms with Crippen LogP contribution in [0.25, 0.3) is 0 Å². The third kappa shape index (κ3) is 4.03. The minimum atomic E-state index is 0.139. The number of nitrogens with two attached hydrogens (primary N) is 1. The third-order valence-corrected chi connectivity index (χ3v) is 6.28. The summed E-state index contributed by atoms with van der Waals surface area (Å²) >= 11 is 0. The molecule has 0 aromatic carbocycles. The second-order valence-corrected chi connectivity index (χ2v) is 8.70. The Labute approximate surface area is 181 Å². The van der Waals surface area contributed by atoms with Crippen molar-refractivity contribution in [3.8, 4) is 0 Å². The minimum Gasteiger partial charge on any atom is -0.384 e. The second-order valence-electron chi connectivity index (χ2n) is 8.70. The number of pyridine rings is 2. The van der Waals surface area contributed by atoms with Gasteiger partial charge in [0, 0.05) is 62.2 Å². The van der Waals surface area contributed by atoms with Crippen LogP contribution in [0.4, 0.5) is 11.6 Å². The molecule has 2 N–H and O–H groups in total. The summed E-state index contributed by atoms with van der Waals surface area (Å²) in [7, 11) is 2.03. The quantitative estimate of drug-likeness (QED) is 0.677. The molecule has 2 aliphatic heterocycles. The molecule has 5 rings (SSSR count). The van der Waals surface area contributed by atoms with Gasteiger partial charge in [0.1, 0.15) is 18.0 Å². The molecule has 31 heavy (non-hydrogen) atoms. The molecule has 2 bridgehead atoms. The Kier molecular flexibility index (Phi) is 5.15. The van der Waals surface area contributed by atoms with Crippen molar-refractivity contribution in [3.05, 3.63) is 76.2 Å². The zero-order chi connectivity index (χ0) is 21.4. The van der Waals surface area contributed by atoms with Crippen molar-refractivity contribution in [3.63, 3.8) is 0 Å². The highest BCUT2D eigenvalue weighted by atomic mass is 16.1. The molecule has 0 unspecified atom stereocenters. The average molecular weight is 418 g/mol. The summed E-state index contributed by atoms with van der Waals surface area (Å²) < 4.78 is 2.01. The van der Waals surface area contributed by atoms with E-state index >= 15 is 0 Å². The Morgan fingerprint density at radius 3 is 2.81 bits per heavy atom. The Hall–Kier alpha value is -3.26. The minimum absolute atomic E-state index is 0.139. The summed E-state index contributed by atoms with van der Waals surface area (Å²) in [5.74, 6) is 2.08. The maximum absolute atomic E-state index is 13.3. The number of rotatable bonds is 5. The molecule has 2 atom stereocenters. The van der Waals surface area contributed by atoms with Crippen LogP contribution < -0.4 is 16.2 Å². The molecule has 0 saturated carbocycles. The van der Waals surface area contributed by atoms with E-state index in [9.17, 15) is 4.79 Å². The lowest BCUT2D eigenvalue weighted by Gasteiger charge is -2.43. The van der Waals surface area contributed by atoms with E-state index in [0.717, 1.165) is 48.8 Å². The van der Waals surface area contributed by atoms with E-state index in [2.05, 4.69) is 30.8 Å². The molecule has 1 saturated heterocycles. The lowest BCUT2D eigenvalue weighted by Crippen LogP contribution is -2.48.